The molecule has 1 unspecified atom stereocenters. The Morgan fingerprint density at radius 2 is 2.27 bits per heavy atom. The molecule has 1 aromatic rings. The molecule has 2 rings (SSSR count). The van der Waals surface area contributed by atoms with Gasteiger partial charge >= 0.3 is 0 Å². The van der Waals surface area contributed by atoms with Gasteiger partial charge in [-0.3, -0.25) is 0 Å². The van der Waals surface area contributed by atoms with E-state index in [1.807, 2.05) is 11.3 Å². The summed E-state index contributed by atoms with van der Waals surface area (Å²) in [5.41, 5.74) is 2.04. The predicted molar refractivity (Wildman–Crippen MR) is 67.4 cm³/mol. The van der Waals surface area contributed by atoms with Crippen LogP contribution in [0.2, 0.25) is 0 Å². The number of hydrogen-bond acceptors (Lipinski definition) is 2. The second-order valence-corrected chi connectivity index (χ2v) is 6.15. The van der Waals surface area contributed by atoms with Crippen molar-refractivity contribution in [2.24, 2.45) is 5.41 Å². The van der Waals surface area contributed by atoms with Crippen molar-refractivity contribution in [2.45, 2.75) is 46.1 Å². The predicted octanol–water partition coefficient (Wildman–Crippen LogP) is 3.90. The van der Waals surface area contributed by atoms with E-state index < -0.39 is 0 Å². The van der Waals surface area contributed by atoms with E-state index in [9.17, 15) is 0 Å². The fourth-order valence-electron chi connectivity index (χ4n) is 2.16. The van der Waals surface area contributed by atoms with E-state index in [1.54, 1.807) is 0 Å². The average Bonchev–Trinajstić information content (AvgIpc) is 2.79. The van der Waals surface area contributed by atoms with E-state index in [1.165, 1.54) is 29.7 Å². The Morgan fingerprint density at radius 1 is 1.53 bits per heavy atom. The van der Waals surface area contributed by atoms with Crippen molar-refractivity contribution in [1.82, 2.24) is 5.32 Å². The van der Waals surface area contributed by atoms with Gasteiger partial charge in [-0.15, -0.1) is 11.3 Å². The van der Waals surface area contributed by atoms with Gasteiger partial charge in [0.05, 0.1) is 0 Å². The Morgan fingerprint density at radius 3 is 2.73 bits per heavy atom. The summed E-state index contributed by atoms with van der Waals surface area (Å²) in [6.07, 6.45) is 3.97. The van der Waals surface area contributed by atoms with Gasteiger partial charge in [0, 0.05) is 10.9 Å². The fraction of sp³-hybridized carbons (Fsp3) is 0.692. The fourth-order valence-corrected chi connectivity index (χ4v) is 2.89. The molecule has 1 heterocycles. The van der Waals surface area contributed by atoms with Crippen LogP contribution in [0.5, 0.6) is 0 Å². The molecule has 2 heteroatoms. The minimum Gasteiger partial charge on any atom is -0.309 e. The third kappa shape index (κ3) is 2.43. The summed E-state index contributed by atoms with van der Waals surface area (Å²) in [5.74, 6) is 0. The molecule has 0 aromatic carbocycles. The lowest BCUT2D eigenvalue weighted by Gasteiger charge is -2.24. The van der Waals surface area contributed by atoms with Gasteiger partial charge in [-0.1, -0.05) is 13.8 Å². The highest BCUT2D eigenvalue weighted by molar-refractivity contribution is 7.10. The zero-order valence-corrected chi connectivity index (χ0v) is 10.8. The lowest BCUT2D eigenvalue weighted by Crippen LogP contribution is -2.28. The normalized spacial score (nSPS) is 20.2. The summed E-state index contributed by atoms with van der Waals surface area (Å²) >= 11 is 1.87. The van der Waals surface area contributed by atoms with Gasteiger partial charge in [-0.2, -0.15) is 0 Å². The molecular weight excluding hydrogens is 202 g/mol. The molecule has 1 saturated carbocycles. The Hall–Kier alpha value is -0.340. The first-order valence-electron chi connectivity index (χ1n) is 5.94. The Labute approximate surface area is 96.9 Å². The van der Waals surface area contributed by atoms with Crippen molar-refractivity contribution in [2.75, 3.05) is 6.54 Å². The largest absolute Gasteiger partial charge is 0.309 e. The Bertz CT molecular complexity index is 325. The van der Waals surface area contributed by atoms with Gasteiger partial charge in [0.25, 0.3) is 0 Å². The second-order valence-electron chi connectivity index (χ2n) is 5.03. The summed E-state index contributed by atoms with van der Waals surface area (Å²) in [6, 6.07) is 2.93. The summed E-state index contributed by atoms with van der Waals surface area (Å²) in [7, 11) is 0. The zero-order chi connectivity index (χ0) is 10.9. The first kappa shape index (κ1) is 11.2. The smallest absolute Gasteiger partial charge is 0.0382 e. The molecule has 0 spiro atoms. The molecule has 15 heavy (non-hydrogen) atoms. The number of hydrogen-bond donors (Lipinski definition) is 1. The highest BCUT2D eigenvalue weighted by Gasteiger charge is 2.45. The summed E-state index contributed by atoms with van der Waals surface area (Å²) < 4.78 is 0. The molecule has 0 amide bonds. The van der Waals surface area contributed by atoms with Crippen molar-refractivity contribution in [3.63, 3.8) is 0 Å². The Balaban J connectivity index is 2.11. The van der Waals surface area contributed by atoms with E-state index in [-0.39, 0.29) is 0 Å². The van der Waals surface area contributed by atoms with E-state index in [0.29, 0.717) is 11.5 Å². The van der Waals surface area contributed by atoms with Crippen molar-refractivity contribution >= 4 is 11.3 Å². The first-order chi connectivity index (χ1) is 7.15. The van der Waals surface area contributed by atoms with Crippen molar-refractivity contribution in [3.05, 3.63) is 21.9 Å². The third-order valence-corrected chi connectivity index (χ3v) is 4.30. The monoisotopic (exact) mass is 223 g/mol. The molecule has 1 aliphatic rings. The van der Waals surface area contributed by atoms with E-state index >= 15 is 0 Å². The van der Waals surface area contributed by atoms with E-state index in [2.05, 4.69) is 37.5 Å². The summed E-state index contributed by atoms with van der Waals surface area (Å²) in [5, 5.41) is 6.03. The lowest BCUT2D eigenvalue weighted by atomic mass is 9.93. The molecule has 0 radical (unpaired) electrons. The van der Waals surface area contributed by atoms with Gasteiger partial charge in [0.15, 0.2) is 0 Å². The molecule has 84 valence electrons. The van der Waals surface area contributed by atoms with Gasteiger partial charge in [0.1, 0.15) is 0 Å². The molecule has 1 aliphatic carbocycles. The van der Waals surface area contributed by atoms with Crippen LogP contribution in [0.25, 0.3) is 0 Å². The van der Waals surface area contributed by atoms with Crippen LogP contribution >= 0.6 is 11.3 Å². The highest BCUT2D eigenvalue weighted by Crippen LogP contribution is 2.54. The molecule has 1 N–H and O–H groups in total. The van der Waals surface area contributed by atoms with Crippen LogP contribution < -0.4 is 5.32 Å². The van der Waals surface area contributed by atoms with Crippen molar-refractivity contribution in [3.8, 4) is 0 Å². The van der Waals surface area contributed by atoms with Gasteiger partial charge in [0.2, 0.25) is 0 Å². The van der Waals surface area contributed by atoms with Gasteiger partial charge in [-0.05, 0) is 55.2 Å². The lowest BCUT2D eigenvalue weighted by molar-refractivity contribution is 0.367. The van der Waals surface area contributed by atoms with Crippen LogP contribution in [-0.2, 0) is 0 Å². The minimum absolute atomic E-state index is 0.530. The maximum Gasteiger partial charge on any atom is 0.0382 e. The Kier molecular flexibility index (Phi) is 3.17. The van der Waals surface area contributed by atoms with Crippen LogP contribution in [0.15, 0.2) is 11.4 Å². The number of thiophene rings is 1. The first-order valence-corrected chi connectivity index (χ1v) is 6.82. The number of nitrogens with one attached hydrogen (secondary N) is 1. The minimum atomic E-state index is 0.530. The van der Waals surface area contributed by atoms with Crippen molar-refractivity contribution < 1.29 is 0 Å². The SMILES string of the molecule is CCCNC(c1csc(C)c1)C1(C)CC1. The standard InChI is InChI=1S/C13H21NS/c1-4-7-14-12(13(3)5-6-13)11-8-10(2)15-9-11/h8-9,12,14H,4-7H2,1-3H3. The average molecular weight is 223 g/mol. The van der Waals surface area contributed by atoms with E-state index in [4.69, 9.17) is 0 Å². The molecule has 1 atom stereocenters. The summed E-state index contributed by atoms with van der Waals surface area (Å²) in [6.45, 7) is 7.97. The number of rotatable bonds is 5. The number of aryl methyl sites for hydroxylation is 1. The molecule has 0 saturated heterocycles. The quantitative estimate of drug-likeness (QED) is 0.798. The molecule has 0 aliphatic heterocycles. The van der Waals surface area contributed by atoms with Gasteiger partial charge in [-0.25, -0.2) is 0 Å². The maximum atomic E-state index is 3.71. The van der Waals surface area contributed by atoms with Gasteiger partial charge < -0.3 is 5.32 Å². The topological polar surface area (TPSA) is 12.0 Å². The maximum absolute atomic E-state index is 3.71. The summed E-state index contributed by atoms with van der Waals surface area (Å²) in [4.78, 5) is 1.43. The molecule has 0 bridgehead atoms. The zero-order valence-electron chi connectivity index (χ0n) is 9.97. The highest BCUT2D eigenvalue weighted by atomic mass is 32.1. The second kappa shape index (κ2) is 4.26. The molecule has 1 fully saturated rings. The van der Waals surface area contributed by atoms with E-state index in [0.717, 1.165) is 6.54 Å². The molecule has 1 nitrogen and oxygen atoms in total. The van der Waals surface area contributed by atoms with Crippen LogP contribution in [0.1, 0.15) is 49.6 Å². The molecular formula is C13H21NS. The van der Waals surface area contributed by atoms with Crippen LogP contribution in [0.4, 0.5) is 0 Å². The molecule has 1 aromatic heterocycles. The van der Waals surface area contributed by atoms with Crippen LogP contribution in [-0.4, -0.2) is 6.54 Å². The van der Waals surface area contributed by atoms with Crippen molar-refractivity contribution in [1.29, 1.82) is 0 Å². The van der Waals surface area contributed by atoms with Crippen LogP contribution in [0.3, 0.4) is 0 Å². The third-order valence-electron chi connectivity index (χ3n) is 3.42. The van der Waals surface area contributed by atoms with Crippen LogP contribution in [0, 0.1) is 12.3 Å².